The van der Waals surface area contributed by atoms with Gasteiger partial charge in [-0.15, -0.1) is 0 Å². The highest BCUT2D eigenvalue weighted by molar-refractivity contribution is 7.92. The number of hydrogen-bond acceptors (Lipinski definition) is 6. The van der Waals surface area contributed by atoms with Crippen molar-refractivity contribution >= 4 is 27.6 Å². The fourth-order valence-corrected chi connectivity index (χ4v) is 3.85. The van der Waals surface area contributed by atoms with Crippen LogP contribution in [0.5, 0.6) is 0 Å². The first-order chi connectivity index (χ1) is 13.9. The van der Waals surface area contributed by atoms with Crippen LogP contribution in [0.1, 0.15) is 23.2 Å². The Morgan fingerprint density at radius 2 is 1.79 bits per heavy atom. The molecule has 9 heteroatoms. The van der Waals surface area contributed by atoms with Crippen LogP contribution in [0.15, 0.2) is 59.5 Å². The number of ether oxygens (including phenoxy) is 2. The summed E-state index contributed by atoms with van der Waals surface area (Å²) in [4.78, 5) is 23.8. The fraction of sp³-hybridized carbons (Fsp3) is 0.300. The molecule has 1 unspecified atom stereocenters. The minimum atomic E-state index is -3.78. The van der Waals surface area contributed by atoms with Crippen LogP contribution in [0.3, 0.4) is 0 Å². The molecule has 0 bridgehead atoms. The maximum Gasteiger partial charge on any atom is 0.338 e. The summed E-state index contributed by atoms with van der Waals surface area (Å²) >= 11 is 0. The molecule has 2 N–H and O–H groups in total. The molecule has 154 valence electrons. The molecule has 8 nitrogen and oxygen atoms in total. The van der Waals surface area contributed by atoms with E-state index < -0.39 is 28.5 Å². The van der Waals surface area contributed by atoms with Crippen molar-refractivity contribution in [3.05, 3.63) is 60.2 Å². The molecule has 0 aliphatic carbocycles. The molecule has 0 spiro atoms. The summed E-state index contributed by atoms with van der Waals surface area (Å²) in [5.74, 6) is -1.13. The lowest BCUT2D eigenvalue weighted by molar-refractivity contribution is -0.124. The van der Waals surface area contributed by atoms with Crippen molar-refractivity contribution in [2.45, 2.75) is 23.8 Å². The van der Waals surface area contributed by atoms with Crippen molar-refractivity contribution in [3.63, 3.8) is 0 Å². The molecule has 1 heterocycles. The predicted octanol–water partition coefficient (Wildman–Crippen LogP) is 1.94. The molecule has 1 amide bonds. The first-order valence-corrected chi connectivity index (χ1v) is 10.7. The third-order valence-corrected chi connectivity index (χ3v) is 5.71. The van der Waals surface area contributed by atoms with Crippen LogP contribution < -0.4 is 10.0 Å². The van der Waals surface area contributed by atoms with Gasteiger partial charge in [0.05, 0.1) is 16.6 Å². The molecule has 3 rings (SSSR count). The Balaban J connectivity index is 1.51. The normalized spacial score (nSPS) is 16.2. The van der Waals surface area contributed by atoms with Crippen molar-refractivity contribution in [2.75, 3.05) is 24.5 Å². The quantitative estimate of drug-likeness (QED) is 0.634. The Kier molecular flexibility index (Phi) is 6.84. The van der Waals surface area contributed by atoms with Gasteiger partial charge in [0.25, 0.3) is 15.9 Å². The Labute approximate surface area is 169 Å². The summed E-state index contributed by atoms with van der Waals surface area (Å²) in [6, 6.07) is 13.8. The van der Waals surface area contributed by atoms with Gasteiger partial charge in [0.2, 0.25) is 0 Å². The summed E-state index contributed by atoms with van der Waals surface area (Å²) in [6.07, 6.45) is 1.88. The molecular formula is C20H22N2O6S. The zero-order valence-electron chi connectivity index (χ0n) is 15.7. The van der Waals surface area contributed by atoms with Crippen LogP contribution >= 0.6 is 0 Å². The summed E-state index contributed by atoms with van der Waals surface area (Å²) in [5.41, 5.74) is 0.584. The van der Waals surface area contributed by atoms with Crippen molar-refractivity contribution in [1.29, 1.82) is 0 Å². The number of sulfonamides is 1. The first-order valence-electron chi connectivity index (χ1n) is 9.17. The fourth-order valence-electron chi connectivity index (χ4n) is 2.79. The third-order valence-electron chi connectivity index (χ3n) is 4.31. The Morgan fingerprint density at radius 1 is 1.07 bits per heavy atom. The van der Waals surface area contributed by atoms with Crippen LogP contribution in [0.2, 0.25) is 0 Å². The maximum atomic E-state index is 12.4. The van der Waals surface area contributed by atoms with E-state index in [-0.39, 0.29) is 16.6 Å². The topological polar surface area (TPSA) is 111 Å². The largest absolute Gasteiger partial charge is 0.452 e. The second kappa shape index (κ2) is 9.53. The van der Waals surface area contributed by atoms with E-state index in [1.54, 1.807) is 30.3 Å². The van der Waals surface area contributed by atoms with Crippen molar-refractivity contribution in [1.82, 2.24) is 5.32 Å². The summed E-state index contributed by atoms with van der Waals surface area (Å²) in [7, 11) is -3.78. The van der Waals surface area contributed by atoms with Gasteiger partial charge in [0, 0.05) is 18.8 Å². The van der Waals surface area contributed by atoms with Gasteiger partial charge in [-0.05, 0) is 49.2 Å². The molecule has 1 aliphatic heterocycles. The highest BCUT2D eigenvalue weighted by Crippen LogP contribution is 2.16. The van der Waals surface area contributed by atoms with Gasteiger partial charge in [-0.3, -0.25) is 9.52 Å². The first kappa shape index (κ1) is 20.8. The number of amides is 1. The van der Waals surface area contributed by atoms with Gasteiger partial charge in [0.1, 0.15) is 0 Å². The smallest absolute Gasteiger partial charge is 0.338 e. The molecule has 2 aromatic carbocycles. The van der Waals surface area contributed by atoms with E-state index in [1.807, 2.05) is 0 Å². The van der Waals surface area contributed by atoms with E-state index >= 15 is 0 Å². The van der Waals surface area contributed by atoms with E-state index in [2.05, 4.69) is 10.0 Å². The average Bonchev–Trinajstić information content (AvgIpc) is 3.25. The van der Waals surface area contributed by atoms with Gasteiger partial charge in [-0.2, -0.15) is 0 Å². The van der Waals surface area contributed by atoms with Crippen LogP contribution in [0.25, 0.3) is 0 Å². The van der Waals surface area contributed by atoms with Crippen LogP contribution in [0.4, 0.5) is 5.69 Å². The number of anilines is 1. The molecule has 1 aliphatic rings. The van der Waals surface area contributed by atoms with Gasteiger partial charge in [0.15, 0.2) is 6.61 Å². The van der Waals surface area contributed by atoms with Gasteiger partial charge in [-0.25, -0.2) is 13.2 Å². The van der Waals surface area contributed by atoms with E-state index in [4.69, 9.17) is 9.47 Å². The number of para-hydroxylation sites is 1. The Morgan fingerprint density at radius 3 is 2.45 bits per heavy atom. The molecule has 1 saturated heterocycles. The van der Waals surface area contributed by atoms with E-state index in [0.29, 0.717) is 18.8 Å². The second-order valence-electron chi connectivity index (χ2n) is 6.51. The van der Waals surface area contributed by atoms with Gasteiger partial charge < -0.3 is 14.8 Å². The summed E-state index contributed by atoms with van der Waals surface area (Å²) in [5, 5.41) is 2.65. The molecule has 29 heavy (non-hydrogen) atoms. The summed E-state index contributed by atoms with van der Waals surface area (Å²) in [6.45, 7) is 0.667. The minimum Gasteiger partial charge on any atom is -0.452 e. The number of carbonyl (C=O) groups is 2. The number of esters is 1. The average molecular weight is 418 g/mol. The van der Waals surface area contributed by atoms with E-state index in [1.165, 1.54) is 24.3 Å². The van der Waals surface area contributed by atoms with Crippen LogP contribution in [0, 0.1) is 0 Å². The number of hydrogen-bond donors (Lipinski definition) is 2. The number of nitrogens with one attached hydrogen (secondary N) is 2. The van der Waals surface area contributed by atoms with E-state index in [9.17, 15) is 18.0 Å². The lowest BCUT2D eigenvalue weighted by Gasteiger charge is -2.11. The molecule has 0 radical (unpaired) electrons. The highest BCUT2D eigenvalue weighted by Gasteiger charge is 2.18. The van der Waals surface area contributed by atoms with Crippen molar-refractivity contribution < 1.29 is 27.5 Å². The molecule has 2 aromatic rings. The lowest BCUT2D eigenvalue weighted by Crippen LogP contribution is -2.34. The zero-order valence-corrected chi connectivity index (χ0v) is 16.5. The third kappa shape index (κ3) is 6.03. The zero-order chi connectivity index (χ0) is 20.7. The Bertz CT molecular complexity index is 939. The predicted molar refractivity (Wildman–Crippen MR) is 106 cm³/mol. The van der Waals surface area contributed by atoms with E-state index in [0.717, 1.165) is 12.8 Å². The minimum absolute atomic E-state index is 0.00668. The van der Waals surface area contributed by atoms with Gasteiger partial charge in [-0.1, -0.05) is 18.2 Å². The number of carbonyl (C=O) groups excluding carboxylic acids is 2. The van der Waals surface area contributed by atoms with Crippen LogP contribution in [-0.4, -0.2) is 46.2 Å². The van der Waals surface area contributed by atoms with Crippen molar-refractivity contribution in [2.24, 2.45) is 0 Å². The number of benzene rings is 2. The molecule has 0 saturated carbocycles. The SMILES string of the molecule is O=C(COC(=O)c1ccc(S(=O)(=O)Nc2ccccc2)cc1)NCC1CCCO1. The Hall–Kier alpha value is -2.91. The standard InChI is InChI=1S/C20H22N2O6S/c23-19(21-13-17-7-4-12-27-17)14-28-20(24)15-8-10-18(11-9-15)29(25,26)22-16-5-2-1-3-6-16/h1-3,5-6,8-11,17,22H,4,7,12-14H2,(H,21,23). The molecular weight excluding hydrogens is 396 g/mol. The monoisotopic (exact) mass is 418 g/mol. The van der Waals surface area contributed by atoms with Gasteiger partial charge >= 0.3 is 5.97 Å². The highest BCUT2D eigenvalue weighted by atomic mass is 32.2. The second-order valence-corrected chi connectivity index (χ2v) is 8.19. The molecule has 0 aromatic heterocycles. The maximum absolute atomic E-state index is 12.4. The van der Waals surface area contributed by atoms with Crippen molar-refractivity contribution in [3.8, 4) is 0 Å². The lowest BCUT2D eigenvalue weighted by atomic mass is 10.2. The number of rotatable bonds is 8. The molecule has 1 fully saturated rings. The summed E-state index contributed by atoms with van der Waals surface area (Å²) < 4.78 is 37.6. The molecule has 1 atom stereocenters. The van der Waals surface area contributed by atoms with Crippen LogP contribution in [-0.2, 0) is 24.3 Å².